The fraction of sp³-hybridized carbons (Fsp3) is 0.200. The Kier molecular flexibility index (Phi) is 5.49. The molecule has 3 rings (SSSR count). The van der Waals surface area contributed by atoms with E-state index in [-0.39, 0.29) is 5.91 Å². The smallest absolute Gasteiger partial charge is 0.260 e. The van der Waals surface area contributed by atoms with Crippen molar-refractivity contribution >= 4 is 39.1 Å². The van der Waals surface area contributed by atoms with Crippen molar-refractivity contribution in [2.45, 2.75) is 27.3 Å². The van der Waals surface area contributed by atoms with Crippen LogP contribution in [0.2, 0.25) is 5.15 Å². The molecule has 26 heavy (non-hydrogen) atoms. The number of anilines is 1. The second kappa shape index (κ2) is 7.64. The van der Waals surface area contributed by atoms with Crippen molar-refractivity contribution in [2.24, 2.45) is 0 Å². The monoisotopic (exact) mass is 431 g/mol. The predicted molar refractivity (Wildman–Crippen MR) is 109 cm³/mol. The standard InChI is InChI=1S/C20H19BrClN3O/c1-12-4-6-15(7-5-12)11-25-19(22)18(14(3)24-25)20(26)23-17-9-8-16(21)10-13(17)2/h4-10H,11H2,1-3H3,(H,23,26). The van der Waals surface area contributed by atoms with Gasteiger partial charge in [0.1, 0.15) is 5.15 Å². The number of carbonyl (C=O) groups excluding carboxylic acids is 1. The van der Waals surface area contributed by atoms with Crippen LogP contribution >= 0.6 is 27.5 Å². The van der Waals surface area contributed by atoms with E-state index in [0.717, 1.165) is 21.3 Å². The average Bonchev–Trinajstić information content (AvgIpc) is 2.86. The van der Waals surface area contributed by atoms with Crippen molar-refractivity contribution in [3.05, 3.63) is 80.0 Å². The van der Waals surface area contributed by atoms with Crippen LogP contribution in [0.15, 0.2) is 46.9 Å². The van der Waals surface area contributed by atoms with Gasteiger partial charge in [0, 0.05) is 10.2 Å². The van der Waals surface area contributed by atoms with Gasteiger partial charge in [-0.25, -0.2) is 4.68 Å². The number of halogens is 2. The molecule has 1 N–H and O–H groups in total. The number of aryl methyl sites for hydroxylation is 3. The summed E-state index contributed by atoms with van der Waals surface area (Å²) >= 11 is 9.89. The molecule has 1 heterocycles. The summed E-state index contributed by atoms with van der Waals surface area (Å²) in [5.74, 6) is -0.256. The van der Waals surface area contributed by atoms with Gasteiger partial charge in [0.25, 0.3) is 5.91 Å². The van der Waals surface area contributed by atoms with Crippen molar-refractivity contribution in [3.63, 3.8) is 0 Å². The summed E-state index contributed by atoms with van der Waals surface area (Å²) in [5.41, 5.74) is 5.00. The Bertz CT molecular complexity index is 964. The molecule has 1 amide bonds. The fourth-order valence-electron chi connectivity index (χ4n) is 2.73. The largest absolute Gasteiger partial charge is 0.322 e. The van der Waals surface area contributed by atoms with E-state index in [2.05, 4.69) is 26.3 Å². The zero-order valence-corrected chi connectivity index (χ0v) is 17.1. The van der Waals surface area contributed by atoms with Gasteiger partial charge in [-0.05, 0) is 50.1 Å². The first-order valence-electron chi connectivity index (χ1n) is 8.21. The van der Waals surface area contributed by atoms with Gasteiger partial charge in [-0.15, -0.1) is 0 Å². The number of nitrogens with zero attached hydrogens (tertiary/aromatic N) is 2. The summed E-state index contributed by atoms with van der Waals surface area (Å²) in [4.78, 5) is 12.7. The van der Waals surface area contributed by atoms with E-state index < -0.39 is 0 Å². The number of benzene rings is 2. The molecule has 1 aromatic heterocycles. The number of carbonyl (C=O) groups is 1. The van der Waals surface area contributed by atoms with E-state index in [1.54, 1.807) is 11.6 Å². The van der Waals surface area contributed by atoms with Gasteiger partial charge in [0.15, 0.2) is 0 Å². The Morgan fingerprint density at radius 1 is 1.15 bits per heavy atom. The molecule has 0 radical (unpaired) electrons. The van der Waals surface area contributed by atoms with Crippen molar-refractivity contribution in [2.75, 3.05) is 5.32 Å². The minimum atomic E-state index is -0.256. The number of hydrogen-bond donors (Lipinski definition) is 1. The summed E-state index contributed by atoms with van der Waals surface area (Å²) in [5, 5.41) is 7.71. The fourth-order valence-corrected chi connectivity index (χ4v) is 3.53. The zero-order valence-electron chi connectivity index (χ0n) is 14.8. The van der Waals surface area contributed by atoms with Crippen molar-refractivity contribution in [3.8, 4) is 0 Å². The van der Waals surface area contributed by atoms with Crippen molar-refractivity contribution in [1.82, 2.24) is 9.78 Å². The van der Waals surface area contributed by atoms with Crippen LogP contribution in [-0.2, 0) is 6.54 Å². The van der Waals surface area contributed by atoms with Gasteiger partial charge in [0.05, 0.1) is 17.8 Å². The second-order valence-electron chi connectivity index (χ2n) is 6.31. The zero-order chi connectivity index (χ0) is 18.8. The summed E-state index contributed by atoms with van der Waals surface area (Å²) in [6.07, 6.45) is 0. The molecule has 0 unspecified atom stereocenters. The molecule has 4 nitrogen and oxygen atoms in total. The van der Waals surface area contributed by atoms with E-state index in [4.69, 9.17) is 11.6 Å². The predicted octanol–water partition coefficient (Wildman–Crippen LogP) is 5.52. The quantitative estimate of drug-likeness (QED) is 0.589. The topological polar surface area (TPSA) is 46.9 Å². The van der Waals surface area contributed by atoms with Crippen LogP contribution in [0, 0.1) is 20.8 Å². The van der Waals surface area contributed by atoms with Crippen LogP contribution in [0.1, 0.15) is 32.7 Å². The maximum Gasteiger partial charge on any atom is 0.260 e. The molecule has 0 spiro atoms. The molecule has 6 heteroatoms. The molecule has 134 valence electrons. The molecule has 0 atom stereocenters. The highest BCUT2D eigenvalue weighted by Gasteiger charge is 2.21. The van der Waals surface area contributed by atoms with Crippen LogP contribution < -0.4 is 5.32 Å². The molecule has 0 saturated heterocycles. The van der Waals surface area contributed by atoms with Crippen LogP contribution in [0.5, 0.6) is 0 Å². The third-order valence-electron chi connectivity index (χ3n) is 4.18. The minimum absolute atomic E-state index is 0.256. The van der Waals surface area contributed by atoms with E-state index in [1.807, 2.05) is 56.3 Å². The third kappa shape index (κ3) is 4.00. The Morgan fingerprint density at radius 3 is 2.50 bits per heavy atom. The number of nitrogens with one attached hydrogen (secondary N) is 1. The van der Waals surface area contributed by atoms with Crippen LogP contribution in [0.25, 0.3) is 0 Å². The highest BCUT2D eigenvalue weighted by molar-refractivity contribution is 9.10. The van der Waals surface area contributed by atoms with Gasteiger partial charge >= 0.3 is 0 Å². The van der Waals surface area contributed by atoms with Crippen LogP contribution in [-0.4, -0.2) is 15.7 Å². The van der Waals surface area contributed by atoms with Crippen LogP contribution in [0.4, 0.5) is 5.69 Å². The van der Waals surface area contributed by atoms with Gasteiger partial charge in [-0.2, -0.15) is 5.10 Å². The second-order valence-corrected chi connectivity index (χ2v) is 7.58. The summed E-state index contributed by atoms with van der Waals surface area (Å²) in [7, 11) is 0. The molecule has 0 aliphatic heterocycles. The van der Waals surface area contributed by atoms with E-state index >= 15 is 0 Å². The molecule has 0 bridgehead atoms. The summed E-state index contributed by atoms with van der Waals surface area (Å²) in [6.45, 7) is 6.29. The maximum absolute atomic E-state index is 12.7. The lowest BCUT2D eigenvalue weighted by Gasteiger charge is -2.09. The highest BCUT2D eigenvalue weighted by atomic mass is 79.9. The lowest BCUT2D eigenvalue weighted by atomic mass is 10.1. The lowest BCUT2D eigenvalue weighted by Crippen LogP contribution is -2.14. The van der Waals surface area contributed by atoms with Crippen LogP contribution in [0.3, 0.4) is 0 Å². The first-order chi connectivity index (χ1) is 12.3. The number of amides is 1. The summed E-state index contributed by atoms with van der Waals surface area (Å²) in [6, 6.07) is 13.9. The van der Waals surface area contributed by atoms with E-state index in [9.17, 15) is 4.79 Å². The molecule has 2 aromatic carbocycles. The van der Waals surface area contributed by atoms with Gasteiger partial charge in [0.2, 0.25) is 0 Å². The SMILES string of the molecule is Cc1ccc(Cn2nc(C)c(C(=O)Nc3ccc(Br)cc3C)c2Cl)cc1. The molecule has 0 aliphatic rings. The highest BCUT2D eigenvalue weighted by Crippen LogP contribution is 2.25. The Morgan fingerprint density at radius 2 is 1.85 bits per heavy atom. The van der Waals surface area contributed by atoms with Gasteiger partial charge in [-0.1, -0.05) is 57.4 Å². The molecule has 0 saturated carbocycles. The average molecular weight is 433 g/mol. The molecular weight excluding hydrogens is 414 g/mol. The molecular formula is C20H19BrClN3O. The maximum atomic E-state index is 12.7. The van der Waals surface area contributed by atoms with E-state index in [0.29, 0.717) is 23.0 Å². The first kappa shape index (κ1) is 18.7. The van der Waals surface area contributed by atoms with Crippen molar-refractivity contribution in [1.29, 1.82) is 0 Å². The van der Waals surface area contributed by atoms with Crippen molar-refractivity contribution < 1.29 is 4.79 Å². The number of rotatable bonds is 4. The van der Waals surface area contributed by atoms with E-state index in [1.165, 1.54) is 5.56 Å². The lowest BCUT2D eigenvalue weighted by molar-refractivity contribution is 0.102. The molecule has 0 aliphatic carbocycles. The first-order valence-corrected chi connectivity index (χ1v) is 9.38. The summed E-state index contributed by atoms with van der Waals surface area (Å²) < 4.78 is 2.62. The van der Waals surface area contributed by atoms with Gasteiger partial charge < -0.3 is 5.32 Å². The third-order valence-corrected chi connectivity index (χ3v) is 5.06. The minimum Gasteiger partial charge on any atom is -0.322 e. The normalized spacial score (nSPS) is 10.8. The number of hydrogen-bond acceptors (Lipinski definition) is 2. The Balaban J connectivity index is 1.84. The number of aromatic nitrogens is 2. The molecule has 0 fully saturated rings. The Hall–Kier alpha value is -2.11. The Labute approximate surface area is 166 Å². The molecule has 3 aromatic rings. The van der Waals surface area contributed by atoms with Gasteiger partial charge in [-0.3, -0.25) is 4.79 Å².